The fourth-order valence-corrected chi connectivity index (χ4v) is 4.16. The van der Waals surface area contributed by atoms with E-state index in [1.54, 1.807) is 26.3 Å². The maximum atomic E-state index is 13.5. The smallest absolute Gasteiger partial charge is 0.193 e. The van der Waals surface area contributed by atoms with Gasteiger partial charge in [-0.25, -0.2) is 4.39 Å². The number of aryl methyl sites for hydroxylation is 1. The van der Waals surface area contributed by atoms with Gasteiger partial charge < -0.3 is 19.7 Å². The largest absolute Gasteiger partial charge is 0.496 e. The summed E-state index contributed by atoms with van der Waals surface area (Å²) in [5, 5.41) is 3.55. The molecule has 0 saturated carbocycles. The molecule has 2 aromatic rings. The van der Waals surface area contributed by atoms with Crippen molar-refractivity contribution in [1.29, 1.82) is 0 Å². The number of nitrogens with zero attached hydrogens (tertiary/aromatic N) is 2. The summed E-state index contributed by atoms with van der Waals surface area (Å²) in [4.78, 5) is 6.46. The van der Waals surface area contributed by atoms with Crippen molar-refractivity contribution in [2.45, 2.75) is 31.7 Å². The van der Waals surface area contributed by atoms with Crippen LogP contribution in [-0.4, -0.2) is 51.8 Å². The van der Waals surface area contributed by atoms with Crippen molar-refractivity contribution >= 4 is 29.9 Å². The molecule has 0 unspecified atom stereocenters. The maximum absolute atomic E-state index is 13.5. The zero-order valence-electron chi connectivity index (χ0n) is 18.8. The monoisotopic (exact) mass is 541 g/mol. The fourth-order valence-electron chi connectivity index (χ4n) is 4.16. The van der Waals surface area contributed by atoms with E-state index in [-0.39, 0.29) is 35.2 Å². The number of aliphatic imine (C=N–C) groups is 1. The molecule has 1 heterocycles. The SMILES string of the molecule is CN=C(NCC1(c2cc(C)ccc2OC)CCOCC1)N(C)Cc1cccc(F)c1.I. The minimum Gasteiger partial charge on any atom is -0.496 e. The van der Waals surface area contributed by atoms with Gasteiger partial charge in [0.2, 0.25) is 0 Å². The van der Waals surface area contributed by atoms with E-state index in [0.29, 0.717) is 6.54 Å². The molecule has 1 fully saturated rings. The molecule has 0 amide bonds. The number of guanidine groups is 1. The highest BCUT2D eigenvalue weighted by atomic mass is 127. The lowest BCUT2D eigenvalue weighted by molar-refractivity contribution is 0.0503. The number of halogens is 2. The van der Waals surface area contributed by atoms with Crippen LogP contribution >= 0.6 is 24.0 Å². The van der Waals surface area contributed by atoms with Gasteiger partial charge in [-0.1, -0.05) is 29.8 Å². The zero-order chi connectivity index (χ0) is 21.6. The molecule has 7 heteroatoms. The van der Waals surface area contributed by atoms with Crippen molar-refractivity contribution in [3.63, 3.8) is 0 Å². The molecular formula is C24H33FIN3O2. The standard InChI is InChI=1S/C24H32FN3O2.HI/c1-18-8-9-22(29-4)21(14-18)24(10-12-30-13-11-24)17-27-23(26-2)28(3)16-19-6-5-7-20(25)15-19;/h5-9,14-15H,10-13,16-17H2,1-4H3,(H,26,27);1H. The molecule has 0 radical (unpaired) electrons. The molecule has 0 atom stereocenters. The number of methoxy groups -OCH3 is 1. The van der Waals surface area contributed by atoms with Gasteiger partial charge in [-0.05, 0) is 43.5 Å². The van der Waals surface area contributed by atoms with Gasteiger partial charge in [0.25, 0.3) is 0 Å². The average molecular weight is 541 g/mol. The van der Waals surface area contributed by atoms with Gasteiger partial charge in [0.15, 0.2) is 5.96 Å². The summed E-state index contributed by atoms with van der Waals surface area (Å²) in [5.74, 6) is 1.46. The number of nitrogens with one attached hydrogen (secondary N) is 1. The van der Waals surface area contributed by atoms with Crippen LogP contribution in [0.4, 0.5) is 4.39 Å². The molecule has 1 aliphatic rings. The fraction of sp³-hybridized carbons (Fsp3) is 0.458. The number of ether oxygens (including phenoxy) is 2. The van der Waals surface area contributed by atoms with E-state index in [1.807, 2.05) is 24.1 Å². The van der Waals surface area contributed by atoms with E-state index < -0.39 is 0 Å². The van der Waals surface area contributed by atoms with Crippen LogP contribution in [-0.2, 0) is 16.7 Å². The molecule has 1 aliphatic heterocycles. The lowest BCUT2D eigenvalue weighted by atomic mass is 9.73. The Hall–Kier alpha value is -1.87. The average Bonchev–Trinajstić information content (AvgIpc) is 2.75. The maximum Gasteiger partial charge on any atom is 0.193 e. The van der Waals surface area contributed by atoms with Crippen LogP contribution in [0.5, 0.6) is 5.75 Å². The second-order valence-electron chi connectivity index (χ2n) is 7.98. The van der Waals surface area contributed by atoms with Crippen molar-refractivity contribution in [3.05, 3.63) is 65.0 Å². The Balaban J connectivity index is 0.00000341. The van der Waals surface area contributed by atoms with Crippen LogP contribution < -0.4 is 10.1 Å². The highest BCUT2D eigenvalue weighted by Gasteiger charge is 2.37. The number of hydrogen-bond acceptors (Lipinski definition) is 3. The highest BCUT2D eigenvalue weighted by Crippen LogP contribution is 2.40. The van der Waals surface area contributed by atoms with E-state index in [4.69, 9.17) is 9.47 Å². The van der Waals surface area contributed by atoms with Crippen LogP contribution in [0.15, 0.2) is 47.5 Å². The van der Waals surface area contributed by atoms with Crippen molar-refractivity contribution in [1.82, 2.24) is 10.2 Å². The van der Waals surface area contributed by atoms with E-state index in [0.717, 1.165) is 49.9 Å². The third kappa shape index (κ3) is 6.32. The molecule has 0 spiro atoms. The third-order valence-corrected chi connectivity index (χ3v) is 5.84. The quantitative estimate of drug-likeness (QED) is 0.332. The Morgan fingerprint density at radius 1 is 1.23 bits per heavy atom. The van der Waals surface area contributed by atoms with Crippen LogP contribution in [0.2, 0.25) is 0 Å². The Labute approximate surface area is 202 Å². The van der Waals surface area contributed by atoms with Crippen molar-refractivity contribution in [2.75, 3.05) is 41.0 Å². The summed E-state index contributed by atoms with van der Waals surface area (Å²) in [5.41, 5.74) is 3.22. The van der Waals surface area contributed by atoms with E-state index in [1.165, 1.54) is 17.2 Å². The molecule has 1 saturated heterocycles. The molecule has 31 heavy (non-hydrogen) atoms. The van der Waals surface area contributed by atoms with Crippen molar-refractivity contribution < 1.29 is 13.9 Å². The Morgan fingerprint density at radius 2 is 1.97 bits per heavy atom. The molecule has 0 bridgehead atoms. The van der Waals surface area contributed by atoms with Crippen molar-refractivity contribution in [2.24, 2.45) is 4.99 Å². The predicted molar refractivity (Wildman–Crippen MR) is 134 cm³/mol. The van der Waals surface area contributed by atoms with Gasteiger partial charge in [-0.2, -0.15) is 0 Å². The van der Waals surface area contributed by atoms with Gasteiger partial charge in [-0.3, -0.25) is 4.99 Å². The Bertz CT molecular complexity index is 885. The van der Waals surface area contributed by atoms with E-state index in [9.17, 15) is 4.39 Å². The second-order valence-corrected chi connectivity index (χ2v) is 7.98. The van der Waals surface area contributed by atoms with Crippen LogP contribution in [0, 0.1) is 12.7 Å². The predicted octanol–water partition coefficient (Wildman–Crippen LogP) is 4.52. The molecule has 170 valence electrons. The van der Waals surface area contributed by atoms with Crippen molar-refractivity contribution in [3.8, 4) is 5.75 Å². The number of rotatable bonds is 6. The summed E-state index contributed by atoms with van der Waals surface area (Å²) in [6.45, 7) is 4.83. The summed E-state index contributed by atoms with van der Waals surface area (Å²) < 4.78 is 24.9. The Kier molecular flexibility index (Phi) is 9.55. The molecule has 5 nitrogen and oxygen atoms in total. The first-order chi connectivity index (χ1) is 14.5. The van der Waals surface area contributed by atoms with Crippen LogP contribution in [0.25, 0.3) is 0 Å². The molecule has 3 rings (SSSR count). The first-order valence-electron chi connectivity index (χ1n) is 10.4. The summed E-state index contributed by atoms with van der Waals surface area (Å²) in [6.07, 6.45) is 1.81. The molecule has 2 aromatic carbocycles. The summed E-state index contributed by atoms with van der Waals surface area (Å²) in [6, 6.07) is 13.0. The lowest BCUT2D eigenvalue weighted by Gasteiger charge is -2.39. The topological polar surface area (TPSA) is 46.1 Å². The van der Waals surface area contributed by atoms with E-state index >= 15 is 0 Å². The minimum absolute atomic E-state index is 0. The van der Waals surface area contributed by atoms with Gasteiger partial charge in [-0.15, -0.1) is 24.0 Å². The molecule has 0 aliphatic carbocycles. The lowest BCUT2D eigenvalue weighted by Crippen LogP contribution is -2.48. The first-order valence-corrected chi connectivity index (χ1v) is 10.4. The minimum atomic E-state index is -0.225. The number of benzene rings is 2. The van der Waals surface area contributed by atoms with Gasteiger partial charge >= 0.3 is 0 Å². The van der Waals surface area contributed by atoms with Crippen LogP contribution in [0.3, 0.4) is 0 Å². The molecule has 0 aromatic heterocycles. The zero-order valence-corrected chi connectivity index (χ0v) is 21.1. The second kappa shape index (κ2) is 11.7. The van der Waals surface area contributed by atoms with Gasteiger partial charge in [0.05, 0.1) is 7.11 Å². The first kappa shape index (κ1) is 25.4. The van der Waals surface area contributed by atoms with Gasteiger partial charge in [0.1, 0.15) is 11.6 Å². The number of hydrogen-bond donors (Lipinski definition) is 1. The van der Waals surface area contributed by atoms with Crippen LogP contribution in [0.1, 0.15) is 29.5 Å². The molecular weight excluding hydrogens is 508 g/mol. The van der Waals surface area contributed by atoms with Gasteiger partial charge in [0, 0.05) is 51.4 Å². The molecule has 1 N–H and O–H groups in total. The van der Waals surface area contributed by atoms with E-state index in [2.05, 4.69) is 29.4 Å². The normalized spacial score (nSPS) is 15.7. The Morgan fingerprint density at radius 3 is 2.61 bits per heavy atom. The third-order valence-electron chi connectivity index (χ3n) is 5.84. The summed E-state index contributed by atoms with van der Waals surface area (Å²) in [7, 11) is 5.46. The highest BCUT2D eigenvalue weighted by molar-refractivity contribution is 14.0. The summed E-state index contributed by atoms with van der Waals surface area (Å²) >= 11 is 0.